The zero-order chi connectivity index (χ0) is 27.4. The molecule has 0 saturated heterocycles. The fourth-order valence-electron chi connectivity index (χ4n) is 4.89. The second-order valence-electron chi connectivity index (χ2n) is 10.1. The van der Waals surface area contributed by atoms with Crippen molar-refractivity contribution in [3.63, 3.8) is 0 Å². The molecule has 2 aliphatic rings. The van der Waals surface area contributed by atoms with E-state index in [0.29, 0.717) is 12.5 Å². The average molecular weight is 553 g/mol. The van der Waals surface area contributed by atoms with E-state index in [-0.39, 0.29) is 5.91 Å². The quantitative estimate of drug-likeness (QED) is 0.228. The van der Waals surface area contributed by atoms with Crippen LogP contribution in [0.3, 0.4) is 0 Å². The van der Waals surface area contributed by atoms with Gasteiger partial charge in [0, 0.05) is 42.0 Å². The van der Waals surface area contributed by atoms with Crippen molar-refractivity contribution in [2.45, 2.75) is 36.1 Å². The summed E-state index contributed by atoms with van der Waals surface area (Å²) in [7, 11) is 1.65. The van der Waals surface area contributed by atoms with E-state index in [1.165, 1.54) is 0 Å². The fourth-order valence-corrected chi connectivity index (χ4v) is 5.64. The topological polar surface area (TPSA) is 100 Å². The van der Waals surface area contributed by atoms with Gasteiger partial charge in [0.1, 0.15) is 11.6 Å². The van der Waals surface area contributed by atoms with E-state index in [1.807, 2.05) is 54.7 Å². The first-order chi connectivity index (χ1) is 19.6. The zero-order valence-electron chi connectivity index (χ0n) is 22.4. The Balaban J connectivity index is 1.15. The highest BCUT2D eigenvalue weighted by atomic mass is 32.2. The Morgan fingerprint density at radius 1 is 1.05 bits per heavy atom. The van der Waals surface area contributed by atoms with Crippen LogP contribution in [0.4, 0.5) is 17.5 Å². The molecular weight excluding hydrogens is 520 g/mol. The van der Waals surface area contributed by atoms with Crippen molar-refractivity contribution in [2.24, 2.45) is 0 Å². The maximum atomic E-state index is 13.1. The number of anilines is 3. The molecule has 1 aliphatic heterocycles. The van der Waals surface area contributed by atoms with Gasteiger partial charge in [0.25, 0.3) is 0 Å². The van der Waals surface area contributed by atoms with E-state index >= 15 is 0 Å². The van der Waals surface area contributed by atoms with Crippen LogP contribution in [0.5, 0.6) is 5.75 Å². The van der Waals surface area contributed by atoms with Gasteiger partial charge in [-0.2, -0.15) is 4.98 Å². The Bertz CT molecular complexity index is 1490. The third kappa shape index (κ3) is 5.76. The average Bonchev–Trinajstić information content (AvgIpc) is 3.80. The third-order valence-corrected chi connectivity index (χ3v) is 8.20. The van der Waals surface area contributed by atoms with E-state index < -0.39 is 5.41 Å². The number of hydrogen-bond donors (Lipinski definition) is 4. The van der Waals surface area contributed by atoms with Crippen molar-refractivity contribution < 1.29 is 9.53 Å². The van der Waals surface area contributed by atoms with Crippen molar-refractivity contribution >= 4 is 35.3 Å². The molecule has 1 amide bonds. The van der Waals surface area contributed by atoms with Crippen molar-refractivity contribution in [3.05, 3.63) is 90.1 Å². The first-order valence-corrected chi connectivity index (χ1v) is 14.3. The van der Waals surface area contributed by atoms with Gasteiger partial charge in [0.15, 0.2) is 0 Å². The minimum absolute atomic E-state index is 0.0760. The highest BCUT2D eigenvalue weighted by Gasteiger charge is 2.51. The van der Waals surface area contributed by atoms with Gasteiger partial charge in [0.05, 0.1) is 12.5 Å². The smallest absolute Gasteiger partial charge is 0.230 e. The fraction of sp³-hybridized carbons (Fsp3) is 0.258. The van der Waals surface area contributed by atoms with Gasteiger partial charge in [0.2, 0.25) is 11.9 Å². The maximum absolute atomic E-state index is 13.1. The molecule has 40 heavy (non-hydrogen) atoms. The minimum atomic E-state index is -0.422. The summed E-state index contributed by atoms with van der Waals surface area (Å²) in [6.07, 6.45) is 4.54. The lowest BCUT2D eigenvalue weighted by Crippen LogP contribution is -2.34. The SMILES string of the molecule is COc1ccc(C2(C(=O)NCc3ccc(-c4cnc5nc4NCCCNSc4cccc(c4)N5)cc3)CC2)cc1. The van der Waals surface area contributed by atoms with E-state index in [2.05, 4.69) is 49.9 Å². The van der Waals surface area contributed by atoms with Crippen LogP contribution in [0.1, 0.15) is 30.4 Å². The molecule has 1 fully saturated rings. The summed E-state index contributed by atoms with van der Waals surface area (Å²) in [5, 5.41) is 9.97. The van der Waals surface area contributed by atoms with Gasteiger partial charge >= 0.3 is 0 Å². The Labute approximate surface area is 238 Å². The molecule has 1 aliphatic carbocycles. The number of nitrogens with zero attached hydrogens (tertiary/aromatic N) is 2. The Hall–Kier alpha value is -4.08. The van der Waals surface area contributed by atoms with Crippen LogP contribution in [-0.2, 0) is 16.8 Å². The standard InChI is InChI=1S/C31H32N6O2S/c1-39-25-12-10-23(11-13-25)31(14-15-31)29(38)33-19-21-6-8-22(9-7-21)27-20-34-30-36-24-4-2-5-26(18-24)40-35-17-3-16-32-28(27)37-30/h2,4-13,18,20,35H,3,14-17,19H2,1H3,(H,33,38)(H2,32,34,36,37). The molecule has 4 N–H and O–H groups in total. The number of nitrogens with one attached hydrogen (secondary N) is 4. The van der Waals surface area contributed by atoms with Gasteiger partial charge in [-0.25, -0.2) is 4.98 Å². The Morgan fingerprint density at radius 3 is 2.65 bits per heavy atom. The van der Waals surface area contributed by atoms with Crippen molar-refractivity contribution in [2.75, 3.05) is 30.8 Å². The summed E-state index contributed by atoms with van der Waals surface area (Å²) in [6.45, 7) is 2.14. The molecule has 6 rings (SSSR count). The minimum Gasteiger partial charge on any atom is -0.497 e. The molecule has 1 saturated carbocycles. The summed E-state index contributed by atoms with van der Waals surface area (Å²) in [5.41, 5.74) is 4.55. The normalized spacial score (nSPS) is 15.7. The van der Waals surface area contributed by atoms with E-state index in [1.54, 1.807) is 19.1 Å². The van der Waals surface area contributed by atoms with Crippen LogP contribution in [0.2, 0.25) is 0 Å². The van der Waals surface area contributed by atoms with Crippen molar-refractivity contribution in [1.82, 2.24) is 20.0 Å². The van der Waals surface area contributed by atoms with Crippen LogP contribution < -0.4 is 25.4 Å². The summed E-state index contributed by atoms with van der Waals surface area (Å²) < 4.78 is 8.68. The number of hydrogen-bond acceptors (Lipinski definition) is 8. The van der Waals surface area contributed by atoms with Crippen LogP contribution in [0, 0.1) is 0 Å². The Morgan fingerprint density at radius 2 is 1.88 bits per heavy atom. The molecule has 3 aromatic carbocycles. The number of amides is 1. The molecule has 0 spiro atoms. The summed E-state index contributed by atoms with van der Waals surface area (Å²) in [6, 6.07) is 24.2. The first kappa shape index (κ1) is 26.2. The second-order valence-corrected chi connectivity index (χ2v) is 11.0. The second kappa shape index (κ2) is 11.6. The molecule has 0 atom stereocenters. The molecule has 1 aromatic heterocycles. The molecule has 0 unspecified atom stereocenters. The van der Waals surface area contributed by atoms with Gasteiger partial charge < -0.3 is 20.7 Å². The number of benzene rings is 3. The summed E-state index contributed by atoms with van der Waals surface area (Å²) in [5.74, 6) is 2.21. The molecule has 4 bridgehead atoms. The number of aromatic nitrogens is 2. The van der Waals surface area contributed by atoms with E-state index in [4.69, 9.17) is 9.72 Å². The molecule has 9 heteroatoms. The number of rotatable bonds is 6. The van der Waals surface area contributed by atoms with Crippen LogP contribution in [-0.4, -0.2) is 36.1 Å². The monoisotopic (exact) mass is 552 g/mol. The molecule has 2 heterocycles. The highest BCUT2D eigenvalue weighted by Crippen LogP contribution is 2.48. The molecule has 204 valence electrons. The molecule has 4 aromatic rings. The van der Waals surface area contributed by atoms with Gasteiger partial charge in [-0.1, -0.05) is 42.5 Å². The van der Waals surface area contributed by atoms with Gasteiger partial charge in [-0.3, -0.25) is 9.52 Å². The molecule has 8 nitrogen and oxygen atoms in total. The lowest BCUT2D eigenvalue weighted by atomic mass is 9.94. The number of carbonyl (C=O) groups excluding carboxylic acids is 1. The molecular formula is C31H32N6O2S. The third-order valence-electron chi connectivity index (χ3n) is 7.36. The number of carbonyl (C=O) groups is 1. The van der Waals surface area contributed by atoms with E-state index in [9.17, 15) is 4.79 Å². The lowest BCUT2D eigenvalue weighted by molar-refractivity contribution is -0.123. The van der Waals surface area contributed by atoms with Crippen LogP contribution >= 0.6 is 11.9 Å². The van der Waals surface area contributed by atoms with Crippen LogP contribution in [0.25, 0.3) is 11.1 Å². The highest BCUT2D eigenvalue weighted by molar-refractivity contribution is 7.97. The zero-order valence-corrected chi connectivity index (χ0v) is 23.2. The Kier molecular flexibility index (Phi) is 7.57. The van der Waals surface area contributed by atoms with Gasteiger partial charge in [-0.05, 0) is 78.2 Å². The van der Waals surface area contributed by atoms with Crippen molar-refractivity contribution in [1.29, 1.82) is 0 Å². The largest absolute Gasteiger partial charge is 0.497 e. The number of fused-ring (bicyclic) bond motifs is 4. The van der Waals surface area contributed by atoms with E-state index in [0.717, 1.165) is 76.8 Å². The summed E-state index contributed by atoms with van der Waals surface area (Å²) >= 11 is 1.63. The predicted octanol–water partition coefficient (Wildman–Crippen LogP) is 5.66. The lowest BCUT2D eigenvalue weighted by Gasteiger charge is -2.17. The summed E-state index contributed by atoms with van der Waals surface area (Å²) in [4.78, 5) is 23.7. The first-order valence-electron chi connectivity index (χ1n) is 13.5. The van der Waals surface area contributed by atoms with Gasteiger partial charge in [-0.15, -0.1) is 0 Å². The number of ether oxygens (including phenoxy) is 1. The number of methoxy groups -OCH3 is 1. The molecule has 0 radical (unpaired) electrons. The predicted molar refractivity (Wildman–Crippen MR) is 160 cm³/mol. The maximum Gasteiger partial charge on any atom is 0.230 e. The van der Waals surface area contributed by atoms with Crippen molar-refractivity contribution in [3.8, 4) is 16.9 Å². The van der Waals surface area contributed by atoms with Crippen LogP contribution in [0.15, 0.2) is 83.9 Å².